The largest absolute Gasteiger partial charge is 0.425 e. The second-order valence-electron chi connectivity index (χ2n) is 9.90. The fourth-order valence-corrected chi connectivity index (χ4v) is 3.83. The van der Waals surface area contributed by atoms with Crippen molar-refractivity contribution < 1.29 is 59.7 Å². The predicted molar refractivity (Wildman–Crippen MR) is 145 cm³/mol. The first kappa shape index (κ1) is 34.8. The second kappa shape index (κ2) is 13.9. The molecule has 0 aromatic heterocycles. The number of carbonyl (C=O) groups is 3. The lowest BCUT2D eigenvalue weighted by Crippen LogP contribution is -2.38. The highest BCUT2D eigenvalue weighted by Gasteiger charge is 2.43. The Morgan fingerprint density at radius 3 is 1.98 bits per heavy atom. The number of ether oxygens (including phenoxy) is 1. The van der Waals surface area contributed by atoms with Crippen LogP contribution < -0.4 is 25.7 Å². The first-order chi connectivity index (χ1) is 20.9. The van der Waals surface area contributed by atoms with Crippen LogP contribution in [0.1, 0.15) is 59.3 Å². The molecule has 3 aromatic rings. The van der Waals surface area contributed by atoms with Crippen molar-refractivity contribution >= 4 is 23.6 Å². The van der Waals surface area contributed by atoms with Crippen LogP contribution in [0.2, 0.25) is 0 Å². The quantitative estimate of drug-likeness (QED) is 0.0750. The number of aryl methyl sites for hydroxylation is 1. The number of carbonyl (C=O) groups excluding carboxylic acids is 3. The molecule has 0 unspecified atom stereocenters. The topological polar surface area (TPSA) is 115 Å². The van der Waals surface area contributed by atoms with Gasteiger partial charge in [0.15, 0.2) is 5.82 Å². The molecule has 0 saturated heterocycles. The summed E-state index contributed by atoms with van der Waals surface area (Å²) in [6, 6.07) is 6.40. The zero-order valence-corrected chi connectivity index (χ0v) is 23.9. The van der Waals surface area contributed by atoms with E-state index in [0.717, 1.165) is 0 Å². The molecule has 0 aliphatic carbocycles. The minimum atomic E-state index is -5.32. The van der Waals surface area contributed by atoms with Crippen molar-refractivity contribution in [1.82, 2.24) is 10.8 Å². The minimum Gasteiger partial charge on any atom is -0.425 e. The summed E-state index contributed by atoms with van der Waals surface area (Å²) in [4.78, 5) is 47.1. The molecule has 0 aliphatic rings. The second-order valence-corrected chi connectivity index (χ2v) is 9.90. The number of rotatable bonds is 9. The van der Waals surface area contributed by atoms with Gasteiger partial charge in [0.05, 0.1) is 16.7 Å². The lowest BCUT2D eigenvalue weighted by atomic mass is 9.99. The third-order valence-corrected chi connectivity index (χ3v) is 6.03. The Labute approximate surface area is 251 Å². The number of esters is 1. The van der Waals surface area contributed by atoms with Crippen molar-refractivity contribution in [1.29, 1.82) is 0 Å². The summed E-state index contributed by atoms with van der Waals surface area (Å²) in [5.41, 5.74) is -2.32. The van der Waals surface area contributed by atoms with Gasteiger partial charge < -0.3 is 14.9 Å². The molecule has 3 amide bonds. The van der Waals surface area contributed by atoms with Gasteiger partial charge >= 0.3 is 24.4 Å². The summed E-state index contributed by atoms with van der Waals surface area (Å²) in [6.45, 7) is 6.42. The molecule has 3 aromatic carbocycles. The first-order valence-corrected chi connectivity index (χ1v) is 13.0. The van der Waals surface area contributed by atoms with Gasteiger partial charge in [0, 0.05) is 5.69 Å². The van der Waals surface area contributed by atoms with Crippen molar-refractivity contribution in [2.24, 2.45) is 0 Å². The molecule has 3 N–H and O–H groups in total. The minimum absolute atomic E-state index is 0.0325. The number of anilines is 1. The van der Waals surface area contributed by atoms with E-state index in [-0.39, 0.29) is 35.2 Å². The number of halogens is 7. The molecular formula is C29H26F7N3O6. The van der Waals surface area contributed by atoms with E-state index in [4.69, 9.17) is 14.6 Å². The van der Waals surface area contributed by atoms with Gasteiger partial charge in [0.25, 0.3) is 5.91 Å². The Morgan fingerprint density at radius 1 is 0.822 bits per heavy atom. The van der Waals surface area contributed by atoms with E-state index in [1.54, 1.807) is 26.8 Å². The van der Waals surface area contributed by atoms with Gasteiger partial charge in [0.2, 0.25) is 5.75 Å². The van der Waals surface area contributed by atoms with Crippen molar-refractivity contribution in [3.63, 3.8) is 0 Å². The molecule has 242 valence electrons. The van der Waals surface area contributed by atoms with Gasteiger partial charge in [-0.1, -0.05) is 31.0 Å². The standard InChI is InChI=1S/C29H26F7N3O6/c1-14(2)18-13-17(9-11-22(18)43-26(41)16(4)39-45-44-23-10-8-15(3)12-21(23)30)37-27(42)38-25(40)24-19(28(31,32)33)6-5-7-20(24)29(34,35)36/h5-14,16,39H,1-4H3,(H2,37,38,40,42)/t16-/m0/s1. The van der Waals surface area contributed by atoms with Gasteiger partial charge in [-0.2, -0.15) is 26.3 Å². The summed E-state index contributed by atoms with van der Waals surface area (Å²) in [6.07, 6.45) is -10.6. The molecule has 0 heterocycles. The zero-order chi connectivity index (χ0) is 33.7. The van der Waals surface area contributed by atoms with Crippen molar-refractivity contribution in [2.45, 2.75) is 52.0 Å². The maximum atomic E-state index is 13.9. The number of amides is 3. The Bertz CT molecular complexity index is 1540. The molecule has 45 heavy (non-hydrogen) atoms. The third-order valence-electron chi connectivity index (χ3n) is 6.03. The number of alkyl halides is 6. The van der Waals surface area contributed by atoms with Crippen LogP contribution in [0.5, 0.6) is 11.5 Å². The summed E-state index contributed by atoms with van der Waals surface area (Å²) in [5, 5.41) is 3.64. The van der Waals surface area contributed by atoms with Crippen LogP contribution in [0.4, 0.5) is 41.2 Å². The molecule has 0 bridgehead atoms. The van der Waals surface area contributed by atoms with Crippen LogP contribution in [0.15, 0.2) is 54.6 Å². The lowest BCUT2D eigenvalue weighted by molar-refractivity contribution is -0.266. The molecule has 3 rings (SSSR count). The summed E-state index contributed by atoms with van der Waals surface area (Å²) in [7, 11) is 0. The van der Waals surface area contributed by atoms with E-state index >= 15 is 0 Å². The van der Waals surface area contributed by atoms with Crippen molar-refractivity contribution in [3.05, 3.63) is 88.2 Å². The van der Waals surface area contributed by atoms with Crippen LogP contribution in [0.3, 0.4) is 0 Å². The smallest absolute Gasteiger partial charge is 0.417 e. The van der Waals surface area contributed by atoms with Crippen molar-refractivity contribution in [2.75, 3.05) is 5.32 Å². The Hall–Kier alpha value is -4.70. The molecule has 1 atom stereocenters. The van der Waals surface area contributed by atoms with E-state index in [1.807, 2.05) is 0 Å². The van der Waals surface area contributed by atoms with Gasteiger partial charge in [0.1, 0.15) is 11.8 Å². The fourth-order valence-electron chi connectivity index (χ4n) is 3.83. The predicted octanol–water partition coefficient (Wildman–Crippen LogP) is 7.07. The van der Waals surface area contributed by atoms with Gasteiger partial charge in [-0.05, 0) is 73.4 Å². The van der Waals surface area contributed by atoms with Crippen molar-refractivity contribution in [3.8, 4) is 11.5 Å². The first-order valence-electron chi connectivity index (χ1n) is 13.0. The molecule has 0 spiro atoms. The number of hydroxylamine groups is 1. The number of hydrogen-bond donors (Lipinski definition) is 3. The zero-order valence-electron chi connectivity index (χ0n) is 23.9. The van der Waals surface area contributed by atoms with Gasteiger partial charge in [-0.15, -0.1) is 5.48 Å². The summed E-state index contributed by atoms with van der Waals surface area (Å²) < 4.78 is 99.7. The van der Waals surface area contributed by atoms with Gasteiger partial charge in [-0.25, -0.2) is 14.0 Å². The number of benzene rings is 3. The highest BCUT2D eigenvalue weighted by molar-refractivity contribution is 6.09. The summed E-state index contributed by atoms with van der Waals surface area (Å²) in [5.74, 6) is -4.03. The van der Waals surface area contributed by atoms with Crippen LogP contribution in [-0.4, -0.2) is 23.9 Å². The van der Waals surface area contributed by atoms with Gasteiger partial charge in [-0.3, -0.25) is 10.1 Å². The van der Waals surface area contributed by atoms with Crippen LogP contribution >= 0.6 is 0 Å². The highest BCUT2D eigenvalue weighted by Crippen LogP contribution is 2.39. The summed E-state index contributed by atoms with van der Waals surface area (Å²) >= 11 is 0. The molecule has 0 radical (unpaired) electrons. The number of hydrogen-bond acceptors (Lipinski definition) is 7. The molecular weight excluding hydrogens is 619 g/mol. The Morgan fingerprint density at radius 2 is 1.42 bits per heavy atom. The average Bonchev–Trinajstić information content (AvgIpc) is 2.93. The normalized spacial score (nSPS) is 12.4. The molecule has 16 heteroatoms. The monoisotopic (exact) mass is 645 g/mol. The maximum absolute atomic E-state index is 13.9. The number of urea groups is 1. The van der Waals surface area contributed by atoms with E-state index in [9.17, 15) is 45.1 Å². The van der Waals surface area contributed by atoms with Crippen LogP contribution in [0.25, 0.3) is 0 Å². The highest BCUT2D eigenvalue weighted by atomic mass is 19.4. The van der Waals surface area contributed by atoms with Crippen LogP contribution in [0, 0.1) is 12.7 Å². The Balaban J connectivity index is 1.69. The maximum Gasteiger partial charge on any atom is 0.417 e. The number of nitrogens with one attached hydrogen (secondary N) is 3. The third kappa shape index (κ3) is 9.15. The molecule has 9 nitrogen and oxygen atoms in total. The fraction of sp³-hybridized carbons (Fsp3) is 0.276. The lowest BCUT2D eigenvalue weighted by Gasteiger charge is -2.19. The molecule has 0 saturated carbocycles. The number of imide groups is 1. The average molecular weight is 646 g/mol. The molecule has 0 fully saturated rings. The van der Waals surface area contributed by atoms with E-state index in [2.05, 4.69) is 10.8 Å². The Kier molecular flexibility index (Phi) is 10.8. The van der Waals surface area contributed by atoms with E-state index < -0.39 is 58.8 Å². The van der Waals surface area contributed by atoms with Crippen LogP contribution in [-0.2, 0) is 22.1 Å². The van der Waals surface area contributed by atoms with E-state index in [1.165, 1.54) is 42.6 Å². The van der Waals surface area contributed by atoms with E-state index in [0.29, 0.717) is 17.2 Å². The molecule has 0 aliphatic heterocycles. The SMILES string of the molecule is Cc1ccc(OON[C@@H](C)C(=O)Oc2ccc(NC(=O)NC(=O)c3c(C(F)(F)F)cccc3C(F)(F)F)cc2C(C)C)c(F)c1.